The Morgan fingerprint density at radius 1 is 1.16 bits per heavy atom. The number of hydrogen-bond donors (Lipinski definition) is 0. The number of halogens is 5. The van der Waals surface area contributed by atoms with Crippen LogP contribution in [-0.4, -0.2) is 38.8 Å². The third-order valence-corrected chi connectivity index (χ3v) is 9.10. The quantitative estimate of drug-likeness (QED) is 0.211. The second-order valence-electron chi connectivity index (χ2n) is 8.53. The fourth-order valence-electron chi connectivity index (χ4n) is 3.47. The van der Waals surface area contributed by atoms with E-state index in [9.17, 15) is 22.0 Å². The highest BCUT2D eigenvalue weighted by Gasteiger charge is 2.29. The van der Waals surface area contributed by atoms with E-state index in [0.717, 1.165) is 30.4 Å². The number of alkyl halides is 2. The van der Waals surface area contributed by atoms with E-state index in [2.05, 4.69) is 9.72 Å². The van der Waals surface area contributed by atoms with Crippen molar-refractivity contribution in [3.05, 3.63) is 67.0 Å². The number of carbonyl (C=O) groups excluding carboxylic acids is 1. The van der Waals surface area contributed by atoms with E-state index in [1.54, 1.807) is 0 Å². The van der Waals surface area contributed by atoms with Crippen molar-refractivity contribution in [2.75, 3.05) is 12.9 Å². The van der Waals surface area contributed by atoms with Gasteiger partial charge in [0.1, 0.15) is 11.0 Å². The van der Waals surface area contributed by atoms with Crippen LogP contribution >= 0.6 is 46.1 Å². The first-order valence-corrected chi connectivity index (χ1v) is 15.0. The molecule has 0 radical (unpaired) electrons. The summed E-state index contributed by atoms with van der Waals surface area (Å²) in [5.74, 6) is -0.689. The molecule has 7 nitrogen and oxygen atoms in total. The topological polar surface area (TPSA) is 91.8 Å². The van der Waals surface area contributed by atoms with Crippen molar-refractivity contribution in [2.24, 2.45) is 5.92 Å². The van der Waals surface area contributed by atoms with Crippen LogP contribution in [0.2, 0.25) is 15.1 Å². The minimum absolute atomic E-state index is 0.0228. The second kappa shape index (κ2) is 11.9. The van der Waals surface area contributed by atoms with Crippen molar-refractivity contribution in [3.8, 4) is 11.5 Å². The second-order valence-corrected chi connectivity index (χ2v) is 12.6. The summed E-state index contributed by atoms with van der Waals surface area (Å²) in [6.07, 6.45) is 4.59. The molecule has 4 rings (SSSR count). The molecule has 14 heteroatoms. The van der Waals surface area contributed by atoms with Gasteiger partial charge in [0.05, 0.1) is 26.6 Å². The molecule has 1 aliphatic carbocycles. The molecule has 1 atom stereocenters. The average molecular weight is 627 g/mol. The minimum atomic E-state index is -3.68. The van der Waals surface area contributed by atoms with Gasteiger partial charge < -0.3 is 14.2 Å². The zero-order valence-electron chi connectivity index (χ0n) is 19.6. The van der Waals surface area contributed by atoms with Crippen molar-refractivity contribution in [1.82, 2.24) is 4.98 Å². The maximum Gasteiger partial charge on any atom is 0.387 e. The highest BCUT2D eigenvalue weighted by molar-refractivity contribution is 7.91. The molecule has 38 heavy (non-hydrogen) atoms. The van der Waals surface area contributed by atoms with Gasteiger partial charge in [0.2, 0.25) is 0 Å². The number of esters is 1. The normalized spacial score (nSPS) is 14.4. The molecule has 2 aromatic heterocycles. The van der Waals surface area contributed by atoms with E-state index in [1.807, 2.05) is 0 Å². The molecule has 1 aliphatic rings. The standard InChI is InChI=1S/C24H20Cl3F2NO6S2/c1-38(32,33)20-11-37-22(21(20)27)23(31)35-18(7-14-15(25)8-30-9-16(14)26)13-4-5-17(36-24(28)29)19(6-13)34-10-12-2-3-12/h4-6,8-9,11-12,18,24H,2-3,7,10H2,1H3. The number of ether oxygens (including phenoxy) is 3. The molecule has 0 N–H and O–H groups in total. The van der Waals surface area contributed by atoms with Crippen LogP contribution in [0.1, 0.15) is 39.7 Å². The third-order valence-electron chi connectivity index (χ3n) is 5.60. The molecule has 1 saturated carbocycles. The first kappa shape index (κ1) is 28.8. The molecule has 3 aromatic rings. The largest absolute Gasteiger partial charge is 0.489 e. The lowest BCUT2D eigenvalue weighted by Crippen LogP contribution is -2.15. The predicted molar refractivity (Wildman–Crippen MR) is 140 cm³/mol. The highest BCUT2D eigenvalue weighted by Crippen LogP contribution is 2.39. The SMILES string of the molecule is CS(=O)(=O)c1csc(C(=O)OC(Cc2c(Cl)cncc2Cl)c2ccc(OC(F)F)c(OCC3CC3)c2)c1Cl. The lowest BCUT2D eigenvalue weighted by Gasteiger charge is -2.21. The molecule has 2 heterocycles. The summed E-state index contributed by atoms with van der Waals surface area (Å²) in [6, 6.07) is 4.18. The molecule has 1 unspecified atom stereocenters. The zero-order chi connectivity index (χ0) is 27.6. The van der Waals surface area contributed by atoms with Crippen molar-refractivity contribution >= 4 is 61.9 Å². The van der Waals surface area contributed by atoms with Gasteiger partial charge in [-0.2, -0.15) is 8.78 Å². The van der Waals surface area contributed by atoms with Gasteiger partial charge in [0, 0.05) is 30.5 Å². The molecular weight excluding hydrogens is 607 g/mol. The van der Waals surface area contributed by atoms with E-state index in [1.165, 1.54) is 36.0 Å². The van der Waals surface area contributed by atoms with Crippen LogP contribution in [0.15, 0.2) is 40.9 Å². The van der Waals surface area contributed by atoms with Gasteiger partial charge in [0.25, 0.3) is 0 Å². The number of pyridine rings is 1. The molecular formula is C24H20Cl3F2NO6S2. The minimum Gasteiger partial charge on any atom is -0.489 e. The lowest BCUT2D eigenvalue weighted by molar-refractivity contribution is -0.0515. The Morgan fingerprint density at radius 2 is 1.84 bits per heavy atom. The summed E-state index contributed by atoms with van der Waals surface area (Å²) in [7, 11) is -3.68. The third kappa shape index (κ3) is 7.06. The molecule has 0 saturated heterocycles. The van der Waals surface area contributed by atoms with Gasteiger partial charge in [0.15, 0.2) is 21.3 Å². The number of aromatic nitrogens is 1. The van der Waals surface area contributed by atoms with Crippen LogP contribution in [0.4, 0.5) is 8.78 Å². The Labute approximate surface area is 236 Å². The molecule has 0 amide bonds. The maximum absolute atomic E-state index is 13.1. The average Bonchev–Trinajstić information content (AvgIpc) is 3.58. The molecule has 204 valence electrons. The van der Waals surface area contributed by atoms with Gasteiger partial charge in [-0.1, -0.05) is 40.9 Å². The zero-order valence-corrected chi connectivity index (χ0v) is 23.5. The van der Waals surface area contributed by atoms with Crippen LogP contribution in [0.3, 0.4) is 0 Å². The van der Waals surface area contributed by atoms with Gasteiger partial charge in [-0.25, -0.2) is 13.2 Å². The summed E-state index contributed by atoms with van der Waals surface area (Å²) < 4.78 is 66.0. The number of thiophene rings is 1. The number of carbonyl (C=O) groups is 1. The number of sulfone groups is 1. The Hall–Kier alpha value is -2.18. The van der Waals surface area contributed by atoms with Crippen molar-refractivity contribution in [1.29, 1.82) is 0 Å². The van der Waals surface area contributed by atoms with Gasteiger partial charge >= 0.3 is 12.6 Å². The first-order valence-electron chi connectivity index (χ1n) is 11.1. The number of benzene rings is 1. The Morgan fingerprint density at radius 3 is 2.42 bits per heavy atom. The van der Waals surface area contributed by atoms with E-state index < -0.39 is 28.5 Å². The Kier molecular flexibility index (Phi) is 9.03. The Balaban J connectivity index is 1.71. The van der Waals surface area contributed by atoms with Crippen LogP contribution in [-0.2, 0) is 21.0 Å². The van der Waals surface area contributed by atoms with Gasteiger partial charge in [-0.15, -0.1) is 11.3 Å². The van der Waals surface area contributed by atoms with Gasteiger partial charge in [-0.3, -0.25) is 4.98 Å². The van der Waals surface area contributed by atoms with E-state index >= 15 is 0 Å². The van der Waals surface area contributed by atoms with Crippen molar-refractivity contribution in [3.63, 3.8) is 0 Å². The fourth-order valence-corrected chi connectivity index (χ4v) is 6.77. The van der Waals surface area contributed by atoms with Crippen LogP contribution in [0.5, 0.6) is 11.5 Å². The van der Waals surface area contributed by atoms with Crippen LogP contribution in [0.25, 0.3) is 0 Å². The Bertz CT molecular complexity index is 1430. The number of nitrogens with zero attached hydrogens (tertiary/aromatic N) is 1. The smallest absolute Gasteiger partial charge is 0.387 e. The van der Waals surface area contributed by atoms with E-state index in [4.69, 9.17) is 44.3 Å². The lowest BCUT2D eigenvalue weighted by atomic mass is 10.0. The monoisotopic (exact) mass is 625 g/mol. The summed E-state index contributed by atoms with van der Waals surface area (Å²) in [5.41, 5.74) is 0.786. The van der Waals surface area contributed by atoms with E-state index in [0.29, 0.717) is 23.7 Å². The fraction of sp³-hybridized carbons (Fsp3) is 0.333. The summed E-state index contributed by atoms with van der Waals surface area (Å²) >= 11 is 19.6. The molecule has 0 spiro atoms. The molecule has 1 aromatic carbocycles. The van der Waals surface area contributed by atoms with Crippen molar-refractivity contribution in [2.45, 2.75) is 36.9 Å². The van der Waals surface area contributed by atoms with Crippen LogP contribution < -0.4 is 9.47 Å². The predicted octanol–water partition coefficient (Wildman–Crippen LogP) is 7.04. The van der Waals surface area contributed by atoms with Gasteiger partial charge in [-0.05, 0) is 42.0 Å². The van der Waals surface area contributed by atoms with E-state index in [-0.39, 0.29) is 42.8 Å². The summed E-state index contributed by atoms with van der Waals surface area (Å²) in [4.78, 5) is 16.7. The molecule has 0 bridgehead atoms. The first-order chi connectivity index (χ1) is 17.9. The summed E-state index contributed by atoms with van der Waals surface area (Å²) in [5, 5.41) is 1.43. The highest BCUT2D eigenvalue weighted by atomic mass is 35.5. The van der Waals surface area contributed by atoms with Crippen LogP contribution in [0, 0.1) is 5.92 Å². The number of hydrogen-bond acceptors (Lipinski definition) is 8. The molecule has 1 fully saturated rings. The maximum atomic E-state index is 13.1. The van der Waals surface area contributed by atoms with Crippen molar-refractivity contribution < 1.29 is 36.2 Å². The molecule has 0 aliphatic heterocycles. The number of rotatable bonds is 11. The summed E-state index contributed by atoms with van der Waals surface area (Å²) in [6.45, 7) is -2.76.